The van der Waals surface area contributed by atoms with Gasteiger partial charge in [-0.25, -0.2) is 9.97 Å². The van der Waals surface area contributed by atoms with Crippen molar-refractivity contribution in [1.82, 2.24) is 14.9 Å². The van der Waals surface area contributed by atoms with E-state index >= 15 is 0 Å². The van der Waals surface area contributed by atoms with Crippen LogP contribution in [-0.2, 0) is 9.59 Å². The number of hydrogen-bond donors (Lipinski definition) is 0. The lowest BCUT2D eigenvalue weighted by atomic mass is 10.0. The Morgan fingerprint density at radius 3 is 2.52 bits per heavy atom. The number of anilines is 1. The molecule has 1 aromatic carbocycles. The Morgan fingerprint density at radius 1 is 1.07 bits per heavy atom. The normalized spacial score (nSPS) is 22.1. The SMILES string of the molecule is O=C(C1CC(=O)N(c2ccc(Cl)cc2)C1)N1CCCC(Oc2ncc(Cl)cn2)C1. The molecule has 2 unspecified atom stereocenters. The van der Waals surface area contributed by atoms with Gasteiger partial charge in [-0.3, -0.25) is 9.59 Å². The first-order valence-electron chi connectivity index (χ1n) is 9.48. The maximum atomic E-state index is 13.0. The summed E-state index contributed by atoms with van der Waals surface area (Å²) >= 11 is 11.7. The van der Waals surface area contributed by atoms with Gasteiger partial charge in [0.1, 0.15) is 6.10 Å². The first-order valence-corrected chi connectivity index (χ1v) is 10.2. The van der Waals surface area contributed by atoms with Gasteiger partial charge >= 0.3 is 6.01 Å². The number of piperidine rings is 1. The topological polar surface area (TPSA) is 75.6 Å². The maximum absolute atomic E-state index is 13.0. The lowest BCUT2D eigenvalue weighted by Gasteiger charge is -2.33. The summed E-state index contributed by atoms with van der Waals surface area (Å²) in [5.41, 5.74) is 0.759. The molecule has 0 spiro atoms. The smallest absolute Gasteiger partial charge is 0.316 e. The molecule has 2 amide bonds. The summed E-state index contributed by atoms with van der Waals surface area (Å²) in [6, 6.07) is 7.32. The van der Waals surface area contributed by atoms with Gasteiger partial charge in [-0.15, -0.1) is 0 Å². The van der Waals surface area contributed by atoms with Crippen LogP contribution in [-0.4, -0.2) is 52.4 Å². The second kappa shape index (κ2) is 8.55. The maximum Gasteiger partial charge on any atom is 0.316 e. The highest BCUT2D eigenvalue weighted by atomic mass is 35.5. The van der Waals surface area contributed by atoms with Crippen molar-refractivity contribution in [2.75, 3.05) is 24.5 Å². The third-order valence-electron chi connectivity index (χ3n) is 5.17. The summed E-state index contributed by atoms with van der Waals surface area (Å²) in [5, 5.41) is 1.05. The number of amides is 2. The van der Waals surface area contributed by atoms with Crippen LogP contribution in [0.25, 0.3) is 0 Å². The van der Waals surface area contributed by atoms with Gasteiger partial charge in [0.25, 0.3) is 0 Å². The van der Waals surface area contributed by atoms with Crippen LogP contribution in [0.1, 0.15) is 19.3 Å². The van der Waals surface area contributed by atoms with E-state index in [2.05, 4.69) is 9.97 Å². The fourth-order valence-electron chi connectivity index (χ4n) is 3.75. The Kier molecular flexibility index (Phi) is 5.87. The van der Waals surface area contributed by atoms with Gasteiger partial charge in [-0.2, -0.15) is 0 Å². The van der Waals surface area contributed by atoms with Crippen LogP contribution in [0.15, 0.2) is 36.7 Å². The van der Waals surface area contributed by atoms with Crippen LogP contribution in [0.4, 0.5) is 5.69 Å². The molecule has 29 heavy (non-hydrogen) atoms. The van der Waals surface area contributed by atoms with Gasteiger partial charge in [-0.05, 0) is 37.1 Å². The molecule has 1 aromatic heterocycles. The van der Waals surface area contributed by atoms with Gasteiger partial charge in [0, 0.05) is 30.2 Å². The minimum absolute atomic E-state index is 0.0138. The quantitative estimate of drug-likeness (QED) is 0.738. The van der Waals surface area contributed by atoms with E-state index in [1.165, 1.54) is 12.4 Å². The molecule has 2 aliphatic heterocycles. The van der Waals surface area contributed by atoms with Crippen molar-refractivity contribution < 1.29 is 14.3 Å². The molecule has 9 heteroatoms. The number of halogens is 2. The molecular formula is C20H20Cl2N4O3. The number of nitrogens with zero attached hydrogens (tertiary/aromatic N) is 4. The van der Waals surface area contributed by atoms with Crippen molar-refractivity contribution in [2.24, 2.45) is 5.92 Å². The molecule has 0 saturated carbocycles. The standard InChI is InChI=1S/C20H20Cl2N4O3/c21-14-3-5-16(6-4-14)26-11-13(8-18(26)27)19(28)25-7-1-2-17(12-25)29-20-23-9-15(22)10-24-20/h3-6,9-10,13,17H,1-2,7-8,11-12H2. The van der Waals surface area contributed by atoms with Crippen LogP contribution < -0.4 is 9.64 Å². The van der Waals surface area contributed by atoms with Crippen LogP contribution in [0, 0.1) is 5.92 Å². The third-order valence-corrected chi connectivity index (χ3v) is 5.62. The van der Waals surface area contributed by atoms with Crippen molar-refractivity contribution in [3.8, 4) is 6.01 Å². The Morgan fingerprint density at radius 2 is 1.79 bits per heavy atom. The first-order chi connectivity index (χ1) is 14.0. The highest BCUT2D eigenvalue weighted by Crippen LogP contribution is 2.28. The molecule has 2 aromatic rings. The van der Waals surface area contributed by atoms with Crippen LogP contribution in [0.5, 0.6) is 6.01 Å². The number of likely N-dealkylation sites (tertiary alicyclic amines) is 1. The monoisotopic (exact) mass is 434 g/mol. The van der Waals surface area contributed by atoms with Crippen molar-refractivity contribution in [1.29, 1.82) is 0 Å². The van der Waals surface area contributed by atoms with Gasteiger partial charge in [-0.1, -0.05) is 23.2 Å². The number of rotatable bonds is 4. The van der Waals surface area contributed by atoms with E-state index < -0.39 is 0 Å². The zero-order valence-electron chi connectivity index (χ0n) is 15.6. The zero-order valence-corrected chi connectivity index (χ0v) is 17.1. The number of carbonyl (C=O) groups is 2. The van der Waals surface area contributed by atoms with E-state index in [1.807, 2.05) is 0 Å². The van der Waals surface area contributed by atoms with E-state index in [9.17, 15) is 9.59 Å². The molecule has 2 fully saturated rings. The molecule has 2 aliphatic rings. The molecule has 0 aliphatic carbocycles. The summed E-state index contributed by atoms with van der Waals surface area (Å²) in [6.45, 7) is 1.49. The Bertz CT molecular complexity index is 892. The molecule has 0 N–H and O–H groups in total. The average Bonchev–Trinajstić information content (AvgIpc) is 3.11. The van der Waals surface area contributed by atoms with Crippen molar-refractivity contribution in [3.05, 3.63) is 46.7 Å². The molecule has 2 atom stereocenters. The molecule has 2 saturated heterocycles. The second-order valence-corrected chi connectivity index (χ2v) is 8.10. The summed E-state index contributed by atoms with van der Waals surface area (Å²) in [4.78, 5) is 37.0. The predicted octanol–water partition coefficient (Wildman–Crippen LogP) is 3.21. The average molecular weight is 435 g/mol. The zero-order chi connectivity index (χ0) is 20.4. The van der Waals surface area contributed by atoms with Gasteiger partial charge < -0.3 is 14.5 Å². The number of aromatic nitrogens is 2. The highest BCUT2D eigenvalue weighted by molar-refractivity contribution is 6.30. The van der Waals surface area contributed by atoms with E-state index in [-0.39, 0.29) is 36.3 Å². The molecule has 7 nitrogen and oxygen atoms in total. The summed E-state index contributed by atoms with van der Waals surface area (Å²) in [6.07, 6.45) is 4.63. The van der Waals surface area contributed by atoms with E-state index in [1.54, 1.807) is 34.1 Å². The first kappa shape index (κ1) is 19.9. The molecular weight excluding hydrogens is 415 g/mol. The fourth-order valence-corrected chi connectivity index (χ4v) is 3.97. The molecule has 152 valence electrons. The van der Waals surface area contributed by atoms with Gasteiger partial charge in [0.2, 0.25) is 11.8 Å². The van der Waals surface area contributed by atoms with Crippen LogP contribution >= 0.6 is 23.2 Å². The second-order valence-electron chi connectivity index (χ2n) is 7.23. The Hall–Kier alpha value is -2.38. The number of hydrogen-bond acceptors (Lipinski definition) is 5. The largest absolute Gasteiger partial charge is 0.458 e. The van der Waals surface area contributed by atoms with E-state index in [0.717, 1.165) is 18.5 Å². The molecule has 4 rings (SSSR count). The fraction of sp³-hybridized carbons (Fsp3) is 0.400. The summed E-state index contributed by atoms with van der Waals surface area (Å²) < 4.78 is 5.81. The lowest BCUT2D eigenvalue weighted by molar-refractivity contribution is -0.138. The van der Waals surface area contributed by atoms with Crippen molar-refractivity contribution in [2.45, 2.75) is 25.4 Å². The minimum atomic E-state index is -0.358. The summed E-state index contributed by atoms with van der Waals surface area (Å²) in [5.74, 6) is -0.422. The molecule has 0 bridgehead atoms. The highest BCUT2D eigenvalue weighted by Gasteiger charge is 2.38. The number of ether oxygens (including phenoxy) is 1. The van der Waals surface area contributed by atoms with E-state index in [0.29, 0.717) is 29.7 Å². The third kappa shape index (κ3) is 4.62. The van der Waals surface area contributed by atoms with Crippen molar-refractivity contribution in [3.63, 3.8) is 0 Å². The number of benzene rings is 1. The van der Waals surface area contributed by atoms with E-state index in [4.69, 9.17) is 27.9 Å². The molecule has 0 radical (unpaired) electrons. The summed E-state index contributed by atoms with van der Waals surface area (Å²) in [7, 11) is 0. The minimum Gasteiger partial charge on any atom is -0.458 e. The van der Waals surface area contributed by atoms with Gasteiger partial charge in [0.15, 0.2) is 0 Å². The Labute approximate surface area is 178 Å². The Balaban J connectivity index is 1.38. The van der Waals surface area contributed by atoms with Crippen LogP contribution in [0.2, 0.25) is 10.0 Å². The molecule has 3 heterocycles. The van der Waals surface area contributed by atoms with Gasteiger partial charge in [0.05, 0.1) is 29.9 Å². The van der Waals surface area contributed by atoms with Crippen LogP contribution in [0.3, 0.4) is 0 Å². The number of carbonyl (C=O) groups excluding carboxylic acids is 2. The predicted molar refractivity (Wildman–Crippen MR) is 109 cm³/mol. The lowest BCUT2D eigenvalue weighted by Crippen LogP contribution is -2.47. The van der Waals surface area contributed by atoms with Crippen molar-refractivity contribution >= 4 is 40.7 Å².